The summed E-state index contributed by atoms with van der Waals surface area (Å²) < 4.78 is 7.27. The molecular weight excluding hydrogens is 374 g/mol. The van der Waals surface area contributed by atoms with Gasteiger partial charge in [-0.2, -0.15) is 9.61 Å². The van der Waals surface area contributed by atoms with Crippen molar-refractivity contribution in [1.82, 2.24) is 19.8 Å². The molecule has 0 saturated carbocycles. The highest BCUT2D eigenvalue weighted by atomic mass is 32.1. The van der Waals surface area contributed by atoms with Crippen molar-refractivity contribution in [1.29, 1.82) is 0 Å². The molecule has 2 aromatic carbocycles. The van der Waals surface area contributed by atoms with E-state index in [1.54, 1.807) is 16.6 Å². The summed E-state index contributed by atoms with van der Waals surface area (Å²) in [6, 6.07) is 14.7. The van der Waals surface area contributed by atoms with Gasteiger partial charge in [-0.25, -0.2) is 0 Å². The van der Waals surface area contributed by atoms with Crippen LogP contribution in [0.4, 0.5) is 5.69 Å². The van der Waals surface area contributed by atoms with Gasteiger partial charge in [0.05, 0.1) is 6.61 Å². The standard InChI is InChI=1S/C20H19N5O2S/c1-3-11-27-17-9-7-14(8-10-17)18(26)21-16-6-4-5-15(12-16)19-24-25-13(2)22-23-20(25)28-19/h4-10,12H,3,11H2,1-2H3,(H,21,26). The fourth-order valence-electron chi connectivity index (χ4n) is 2.69. The highest BCUT2D eigenvalue weighted by molar-refractivity contribution is 7.19. The average Bonchev–Trinajstić information content (AvgIpc) is 3.29. The second-order valence-electron chi connectivity index (χ2n) is 6.26. The number of amides is 1. The number of benzene rings is 2. The number of hydrogen-bond acceptors (Lipinski definition) is 6. The lowest BCUT2D eigenvalue weighted by atomic mass is 10.1. The van der Waals surface area contributed by atoms with Gasteiger partial charge in [-0.15, -0.1) is 10.2 Å². The highest BCUT2D eigenvalue weighted by Gasteiger charge is 2.12. The van der Waals surface area contributed by atoms with Crippen molar-refractivity contribution in [2.75, 3.05) is 11.9 Å². The molecule has 7 nitrogen and oxygen atoms in total. The van der Waals surface area contributed by atoms with Crippen molar-refractivity contribution in [3.05, 3.63) is 59.9 Å². The number of aryl methyl sites for hydroxylation is 1. The molecule has 0 aliphatic heterocycles. The maximum atomic E-state index is 12.5. The van der Waals surface area contributed by atoms with E-state index in [1.807, 2.05) is 43.3 Å². The Balaban J connectivity index is 1.50. The van der Waals surface area contributed by atoms with E-state index in [4.69, 9.17) is 4.74 Å². The Labute approximate surface area is 166 Å². The third-order valence-corrected chi connectivity index (χ3v) is 5.05. The minimum Gasteiger partial charge on any atom is -0.494 e. The van der Waals surface area contributed by atoms with E-state index in [9.17, 15) is 4.79 Å². The lowest BCUT2D eigenvalue weighted by Crippen LogP contribution is -2.11. The Hall–Kier alpha value is -3.26. The number of nitrogens with one attached hydrogen (secondary N) is 1. The molecule has 0 atom stereocenters. The summed E-state index contributed by atoms with van der Waals surface area (Å²) in [6.07, 6.45) is 0.944. The molecule has 2 heterocycles. The molecule has 4 rings (SSSR count). The van der Waals surface area contributed by atoms with Gasteiger partial charge >= 0.3 is 0 Å². The molecule has 2 aromatic heterocycles. The smallest absolute Gasteiger partial charge is 0.255 e. The predicted molar refractivity (Wildman–Crippen MR) is 109 cm³/mol. The SMILES string of the molecule is CCCOc1ccc(C(=O)Nc2cccc(-c3nn4c(C)nnc4s3)c2)cc1. The Bertz CT molecular complexity index is 1120. The Morgan fingerprint density at radius 2 is 2.00 bits per heavy atom. The largest absolute Gasteiger partial charge is 0.494 e. The van der Waals surface area contributed by atoms with Gasteiger partial charge in [0, 0.05) is 16.8 Å². The summed E-state index contributed by atoms with van der Waals surface area (Å²) in [5.41, 5.74) is 2.19. The number of rotatable bonds is 6. The van der Waals surface area contributed by atoms with Crippen LogP contribution in [0.2, 0.25) is 0 Å². The average molecular weight is 393 g/mol. The first-order valence-corrected chi connectivity index (χ1v) is 9.79. The van der Waals surface area contributed by atoms with Crippen molar-refractivity contribution in [3.63, 3.8) is 0 Å². The van der Waals surface area contributed by atoms with Gasteiger partial charge in [-0.05, 0) is 49.7 Å². The van der Waals surface area contributed by atoms with Crippen LogP contribution in [0.15, 0.2) is 48.5 Å². The summed E-state index contributed by atoms with van der Waals surface area (Å²) in [7, 11) is 0. The molecule has 1 N–H and O–H groups in total. The van der Waals surface area contributed by atoms with E-state index in [0.717, 1.165) is 33.5 Å². The summed E-state index contributed by atoms with van der Waals surface area (Å²) >= 11 is 1.45. The number of fused-ring (bicyclic) bond motifs is 1. The van der Waals surface area contributed by atoms with Crippen LogP contribution >= 0.6 is 11.3 Å². The van der Waals surface area contributed by atoms with Gasteiger partial charge in [-0.3, -0.25) is 4.79 Å². The van der Waals surface area contributed by atoms with Crippen molar-refractivity contribution < 1.29 is 9.53 Å². The number of ether oxygens (including phenoxy) is 1. The molecule has 0 aliphatic rings. The van der Waals surface area contributed by atoms with Gasteiger partial charge in [0.1, 0.15) is 10.8 Å². The normalized spacial score (nSPS) is 10.9. The summed E-state index contributed by atoms with van der Waals surface area (Å²) in [4.78, 5) is 13.3. The van der Waals surface area contributed by atoms with Gasteiger partial charge in [-0.1, -0.05) is 30.4 Å². The molecule has 0 unspecified atom stereocenters. The van der Waals surface area contributed by atoms with Gasteiger partial charge in [0.25, 0.3) is 5.91 Å². The predicted octanol–water partition coefficient (Wildman–Crippen LogP) is 4.20. The van der Waals surface area contributed by atoms with E-state index in [0.29, 0.717) is 17.9 Å². The number of carbonyl (C=O) groups is 1. The van der Waals surface area contributed by atoms with Crippen LogP contribution in [0, 0.1) is 6.92 Å². The highest BCUT2D eigenvalue weighted by Crippen LogP contribution is 2.27. The molecule has 8 heteroatoms. The third-order valence-electron chi connectivity index (χ3n) is 4.10. The molecule has 142 valence electrons. The third kappa shape index (κ3) is 3.72. The second-order valence-corrected chi connectivity index (χ2v) is 7.21. The van der Waals surface area contributed by atoms with Crippen LogP contribution in [0.5, 0.6) is 5.75 Å². The number of nitrogens with zero attached hydrogens (tertiary/aromatic N) is 4. The van der Waals surface area contributed by atoms with Crippen LogP contribution in [0.1, 0.15) is 29.5 Å². The summed E-state index contributed by atoms with van der Waals surface area (Å²) in [6.45, 7) is 4.58. The lowest BCUT2D eigenvalue weighted by molar-refractivity contribution is 0.102. The molecule has 1 amide bonds. The van der Waals surface area contributed by atoms with Crippen LogP contribution in [-0.4, -0.2) is 32.3 Å². The van der Waals surface area contributed by atoms with Crippen molar-refractivity contribution >= 4 is 27.9 Å². The Kier molecular flexibility index (Phi) is 5.03. The molecule has 0 radical (unpaired) electrons. The number of aromatic nitrogens is 4. The fourth-order valence-corrected chi connectivity index (χ4v) is 3.57. The molecule has 0 bridgehead atoms. The Morgan fingerprint density at radius 3 is 2.75 bits per heavy atom. The molecule has 0 aliphatic carbocycles. The zero-order valence-corrected chi connectivity index (χ0v) is 16.4. The van der Waals surface area contributed by atoms with Crippen LogP contribution in [0.3, 0.4) is 0 Å². The zero-order valence-electron chi connectivity index (χ0n) is 15.5. The Morgan fingerprint density at radius 1 is 1.18 bits per heavy atom. The van der Waals surface area contributed by atoms with Crippen LogP contribution in [-0.2, 0) is 0 Å². The zero-order chi connectivity index (χ0) is 19.5. The summed E-state index contributed by atoms with van der Waals surface area (Å²) in [5, 5.41) is 16.4. The quantitative estimate of drug-likeness (QED) is 0.531. The fraction of sp³-hybridized carbons (Fsp3) is 0.200. The number of anilines is 1. The van der Waals surface area contributed by atoms with Crippen molar-refractivity contribution in [3.8, 4) is 16.3 Å². The first-order valence-electron chi connectivity index (χ1n) is 8.97. The molecule has 4 aromatic rings. The van der Waals surface area contributed by atoms with Gasteiger partial charge in [0.2, 0.25) is 4.96 Å². The molecule has 0 saturated heterocycles. The maximum Gasteiger partial charge on any atom is 0.255 e. The minimum absolute atomic E-state index is 0.173. The number of carbonyl (C=O) groups excluding carboxylic acids is 1. The molecule has 0 spiro atoms. The molecule has 28 heavy (non-hydrogen) atoms. The van der Waals surface area contributed by atoms with Gasteiger partial charge in [0.15, 0.2) is 5.82 Å². The first-order chi connectivity index (χ1) is 13.6. The second kappa shape index (κ2) is 7.77. The monoisotopic (exact) mass is 393 g/mol. The van der Waals surface area contributed by atoms with Crippen molar-refractivity contribution in [2.45, 2.75) is 20.3 Å². The van der Waals surface area contributed by atoms with Crippen molar-refractivity contribution in [2.24, 2.45) is 0 Å². The van der Waals surface area contributed by atoms with E-state index in [1.165, 1.54) is 11.3 Å². The topological polar surface area (TPSA) is 81.4 Å². The number of hydrogen-bond donors (Lipinski definition) is 1. The molecule has 0 fully saturated rings. The van der Waals surface area contributed by atoms with E-state index in [2.05, 4.69) is 27.5 Å². The van der Waals surface area contributed by atoms with Crippen LogP contribution < -0.4 is 10.1 Å². The van der Waals surface area contributed by atoms with Gasteiger partial charge < -0.3 is 10.1 Å². The van der Waals surface area contributed by atoms with E-state index < -0.39 is 0 Å². The first kappa shape index (κ1) is 18.1. The minimum atomic E-state index is -0.173. The van der Waals surface area contributed by atoms with E-state index >= 15 is 0 Å². The molecular formula is C20H19N5O2S. The maximum absolute atomic E-state index is 12.5. The lowest BCUT2D eigenvalue weighted by Gasteiger charge is -2.08. The summed E-state index contributed by atoms with van der Waals surface area (Å²) in [5.74, 6) is 1.33. The van der Waals surface area contributed by atoms with E-state index in [-0.39, 0.29) is 5.91 Å². The van der Waals surface area contributed by atoms with Crippen LogP contribution in [0.25, 0.3) is 15.5 Å².